The lowest BCUT2D eigenvalue weighted by molar-refractivity contribution is 0.296. The molecule has 0 spiro atoms. The van der Waals surface area contributed by atoms with Gasteiger partial charge in [-0.2, -0.15) is 0 Å². The Labute approximate surface area is 115 Å². The summed E-state index contributed by atoms with van der Waals surface area (Å²) in [6.07, 6.45) is 0.773. The van der Waals surface area contributed by atoms with Gasteiger partial charge in [0.2, 0.25) is 9.05 Å². The molecule has 7 heteroatoms. The fourth-order valence-electron chi connectivity index (χ4n) is 1.82. The summed E-state index contributed by atoms with van der Waals surface area (Å²) in [6.45, 7) is 2.83. The van der Waals surface area contributed by atoms with Crippen LogP contribution in [0.5, 0.6) is 11.5 Å². The molecular formula is C11H12Cl2O4S. The van der Waals surface area contributed by atoms with Crippen LogP contribution in [-0.2, 0) is 14.8 Å². The fourth-order valence-corrected chi connectivity index (χ4v) is 3.25. The Balaban J connectivity index is 2.52. The Morgan fingerprint density at radius 3 is 2.67 bits per heavy atom. The van der Waals surface area contributed by atoms with Gasteiger partial charge in [0.25, 0.3) is 0 Å². The van der Waals surface area contributed by atoms with E-state index in [2.05, 4.69) is 0 Å². The van der Waals surface area contributed by atoms with Crippen LogP contribution in [0.2, 0.25) is 5.02 Å². The molecular weight excluding hydrogens is 299 g/mol. The number of ether oxygens (including phenoxy) is 2. The SMILES string of the molecule is Cc1c(CS(=O)(=O)Cl)c(Cl)cc2c1OCCCO2. The zero-order chi connectivity index (χ0) is 13.3. The van der Waals surface area contributed by atoms with Crippen molar-refractivity contribution >= 4 is 31.3 Å². The highest BCUT2D eigenvalue weighted by Crippen LogP contribution is 2.40. The molecule has 100 valence electrons. The van der Waals surface area contributed by atoms with Crippen LogP contribution in [0.1, 0.15) is 17.5 Å². The van der Waals surface area contributed by atoms with Crippen molar-refractivity contribution in [2.45, 2.75) is 19.1 Å². The Hall–Kier alpha value is -0.650. The molecule has 0 saturated heterocycles. The number of benzene rings is 1. The summed E-state index contributed by atoms with van der Waals surface area (Å²) in [7, 11) is 1.60. The lowest BCUT2D eigenvalue weighted by Crippen LogP contribution is -2.03. The molecule has 0 atom stereocenters. The standard InChI is InChI=1S/C11H12Cl2O4S/c1-7-8(6-18(13,14)15)9(12)5-10-11(7)17-4-2-3-16-10/h5H,2-4,6H2,1H3. The maximum Gasteiger partial charge on any atom is 0.236 e. The average Bonchev–Trinajstić information content (AvgIpc) is 2.48. The number of halogens is 2. The van der Waals surface area contributed by atoms with E-state index in [1.54, 1.807) is 13.0 Å². The van der Waals surface area contributed by atoms with Gasteiger partial charge in [-0.25, -0.2) is 8.42 Å². The smallest absolute Gasteiger partial charge is 0.236 e. The molecule has 0 unspecified atom stereocenters. The van der Waals surface area contributed by atoms with E-state index in [0.717, 1.165) is 6.42 Å². The van der Waals surface area contributed by atoms with E-state index in [9.17, 15) is 8.42 Å². The summed E-state index contributed by atoms with van der Waals surface area (Å²) >= 11 is 6.07. The second-order valence-corrected chi connectivity index (χ2v) is 7.21. The van der Waals surface area contributed by atoms with Gasteiger partial charge in [0.15, 0.2) is 11.5 Å². The van der Waals surface area contributed by atoms with Crippen LogP contribution < -0.4 is 9.47 Å². The maximum atomic E-state index is 11.2. The molecule has 0 fully saturated rings. The summed E-state index contributed by atoms with van der Waals surface area (Å²) < 4.78 is 33.4. The van der Waals surface area contributed by atoms with E-state index in [-0.39, 0.29) is 5.75 Å². The Bertz CT molecular complexity index is 569. The molecule has 2 rings (SSSR count). The van der Waals surface area contributed by atoms with E-state index < -0.39 is 9.05 Å². The molecule has 1 heterocycles. The summed E-state index contributed by atoms with van der Waals surface area (Å²) in [5.41, 5.74) is 1.11. The van der Waals surface area contributed by atoms with Gasteiger partial charge in [0.05, 0.1) is 19.0 Å². The van der Waals surface area contributed by atoms with Crippen LogP contribution in [0.4, 0.5) is 0 Å². The summed E-state index contributed by atoms with van der Waals surface area (Å²) in [5, 5.41) is 0.320. The molecule has 1 aliphatic heterocycles. The first kappa shape index (κ1) is 13.8. The Morgan fingerprint density at radius 2 is 2.00 bits per heavy atom. The number of hydrogen-bond acceptors (Lipinski definition) is 4. The van der Waals surface area contributed by atoms with E-state index in [0.29, 0.717) is 40.9 Å². The zero-order valence-corrected chi connectivity index (χ0v) is 12.0. The fraction of sp³-hybridized carbons (Fsp3) is 0.455. The molecule has 4 nitrogen and oxygen atoms in total. The van der Waals surface area contributed by atoms with Gasteiger partial charge in [0.1, 0.15) is 0 Å². The molecule has 0 amide bonds. The predicted octanol–water partition coefficient (Wildman–Crippen LogP) is 2.88. The van der Waals surface area contributed by atoms with Crippen molar-refractivity contribution in [3.63, 3.8) is 0 Å². The highest BCUT2D eigenvalue weighted by atomic mass is 35.7. The van der Waals surface area contributed by atoms with Gasteiger partial charge in [-0.1, -0.05) is 11.6 Å². The van der Waals surface area contributed by atoms with Crippen molar-refractivity contribution in [2.75, 3.05) is 13.2 Å². The Kier molecular flexibility index (Phi) is 3.94. The second kappa shape index (κ2) is 5.15. The quantitative estimate of drug-likeness (QED) is 0.788. The van der Waals surface area contributed by atoms with E-state index in [4.69, 9.17) is 31.8 Å². The predicted molar refractivity (Wildman–Crippen MR) is 70.3 cm³/mol. The van der Waals surface area contributed by atoms with Gasteiger partial charge >= 0.3 is 0 Å². The third-order valence-electron chi connectivity index (χ3n) is 2.67. The van der Waals surface area contributed by atoms with Crippen molar-refractivity contribution < 1.29 is 17.9 Å². The highest BCUT2D eigenvalue weighted by molar-refractivity contribution is 8.13. The molecule has 0 saturated carbocycles. The summed E-state index contributed by atoms with van der Waals surface area (Å²) in [6, 6.07) is 1.58. The third kappa shape index (κ3) is 3.02. The lowest BCUT2D eigenvalue weighted by atomic mass is 10.1. The van der Waals surface area contributed by atoms with Crippen LogP contribution in [0.25, 0.3) is 0 Å². The van der Waals surface area contributed by atoms with Crippen molar-refractivity contribution in [1.82, 2.24) is 0 Å². The van der Waals surface area contributed by atoms with E-state index in [1.807, 2.05) is 0 Å². The highest BCUT2D eigenvalue weighted by Gasteiger charge is 2.21. The van der Waals surface area contributed by atoms with Gasteiger partial charge in [-0.3, -0.25) is 0 Å². The number of fused-ring (bicyclic) bond motifs is 1. The first-order valence-electron chi connectivity index (χ1n) is 5.38. The normalized spacial score (nSPS) is 15.3. The molecule has 1 aromatic rings. The molecule has 0 aromatic heterocycles. The van der Waals surface area contributed by atoms with Crippen molar-refractivity contribution in [2.24, 2.45) is 0 Å². The van der Waals surface area contributed by atoms with Crippen LogP contribution in [0.3, 0.4) is 0 Å². The van der Waals surface area contributed by atoms with Crippen molar-refractivity contribution in [3.8, 4) is 11.5 Å². The average molecular weight is 311 g/mol. The summed E-state index contributed by atoms with van der Waals surface area (Å²) in [4.78, 5) is 0. The molecule has 1 aliphatic rings. The van der Waals surface area contributed by atoms with Crippen LogP contribution >= 0.6 is 22.3 Å². The van der Waals surface area contributed by atoms with Crippen molar-refractivity contribution in [3.05, 3.63) is 22.2 Å². The van der Waals surface area contributed by atoms with Gasteiger partial charge in [-0.05, 0) is 12.5 Å². The summed E-state index contributed by atoms with van der Waals surface area (Å²) in [5.74, 6) is 0.772. The van der Waals surface area contributed by atoms with Gasteiger partial charge < -0.3 is 9.47 Å². The molecule has 0 aliphatic carbocycles. The number of hydrogen-bond donors (Lipinski definition) is 0. The molecule has 0 bridgehead atoms. The van der Waals surface area contributed by atoms with Crippen LogP contribution in [0.15, 0.2) is 6.07 Å². The zero-order valence-electron chi connectivity index (χ0n) is 9.70. The molecule has 1 aromatic carbocycles. The molecule has 0 N–H and O–H groups in total. The van der Waals surface area contributed by atoms with E-state index >= 15 is 0 Å². The van der Waals surface area contributed by atoms with E-state index in [1.165, 1.54) is 0 Å². The third-order valence-corrected chi connectivity index (χ3v) is 3.97. The largest absolute Gasteiger partial charge is 0.489 e. The number of rotatable bonds is 2. The maximum absolute atomic E-state index is 11.2. The van der Waals surface area contributed by atoms with Crippen LogP contribution in [-0.4, -0.2) is 21.6 Å². The molecule has 18 heavy (non-hydrogen) atoms. The minimum absolute atomic E-state index is 0.320. The Morgan fingerprint density at radius 1 is 1.33 bits per heavy atom. The van der Waals surface area contributed by atoms with Gasteiger partial charge in [0, 0.05) is 33.8 Å². The first-order valence-corrected chi connectivity index (χ1v) is 8.24. The lowest BCUT2D eigenvalue weighted by Gasteiger charge is -2.15. The first-order chi connectivity index (χ1) is 8.38. The second-order valence-electron chi connectivity index (χ2n) is 4.02. The van der Waals surface area contributed by atoms with Gasteiger partial charge in [-0.15, -0.1) is 0 Å². The van der Waals surface area contributed by atoms with Crippen molar-refractivity contribution in [1.29, 1.82) is 0 Å². The monoisotopic (exact) mass is 310 g/mol. The minimum atomic E-state index is -3.67. The molecule has 0 radical (unpaired) electrons. The minimum Gasteiger partial charge on any atom is -0.489 e. The topological polar surface area (TPSA) is 52.6 Å². The van der Waals surface area contributed by atoms with Crippen LogP contribution in [0, 0.1) is 6.92 Å².